The predicted octanol–water partition coefficient (Wildman–Crippen LogP) is 4.21. The highest BCUT2D eigenvalue weighted by Crippen LogP contribution is 2.25. The first-order chi connectivity index (χ1) is 15.5. The summed E-state index contributed by atoms with van der Waals surface area (Å²) in [5.41, 5.74) is 2.98. The minimum absolute atomic E-state index is 0.0263. The first-order valence-electron chi connectivity index (χ1n) is 10.7. The topological polar surface area (TPSA) is 84.4 Å². The standard InChI is InChI=1S/C25H26N4O3/c1-17(30)19-5-3-7-21(15-19)26-25(31)20-6-4-14-29(16-20)24-13-12-23(27-28-24)18-8-10-22(32-2)11-9-18/h3,5,7-13,15,20H,4,6,14,16H2,1-2H3,(H,26,31). The summed E-state index contributed by atoms with van der Waals surface area (Å²) < 4.78 is 5.20. The van der Waals surface area contributed by atoms with Gasteiger partial charge in [-0.2, -0.15) is 0 Å². The highest BCUT2D eigenvalue weighted by Gasteiger charge is 2.27. The summed E-state index contributed by atoms with van der Waals surface area (Å²) in [6.45, 7) is 2.93. The van der Waals surface area contributed by atoms with Crippen molar-refractivity contribution in [2.24, 2.45) is 5.92 Å². The van der Waals surface area contributed by atoms with Gasteiger partial charge < -0.3 is 15.0 Å². The normalized spacial score (nSPS) is 15.8. The van der Waals surface area contributed by atoms with Gasteiger partial charge in [0.25, 0.3) is 0 Å². The molecule has 7 nitrogen and oxygen atoms in total. The number of hydrogen-bond donors (Lipinski definition) is 1. The summed E-state index contributed by atoms with van der Waals surface area (Å²) in [6, 6.07) is 18.6. The molecule has 1 unspecified atom stereocenters. The number of Topliss-reactive ketones (excluding diaryl/α,β-unsaturated/α-hetero) is 1. The van der Waals surface area contributed by atoms with E-state index in [1.54, 1.807) is 31.4 Å². The average Bonchev–Trinajstić information content (AvgIpc) is 2.84. The Hall–Kier alpha value is -3.74. The minimum atomic E-state index is -0.159. The van der Waals surface area contributed by atoms with Gasteiger partial charge in [0.15, 0.2) is 11.6 Å². The molecule has 1 saturated heterocycles. The number of methoxy groups -OCH3 is 1. The van der Waals surface area contributed by atoms with Crippen molar-refractivity contribution in [3.8, 4) is 17.0 Å². The lowest BCUT2D eigenvalue weighted by Crippen LogP contribution is -2.41. The van der Waals surface area contributed by atoms with Gasteiger partial charge in [-0.1, -0.05) is 12.1 Å². The maximum absolute atomic E-state index is 12.8. The second-order valence-corrected chi connectivity index (χ2v) is 7.92. The third-order valence-corrected chi connectivity index (χ3v) is 5.69. The summed E-state index contributed by atoms with van der Waals surface area (Å²) in [5.74, 6) is 1.33. The largest absolute Gasteiger partial charge is 0.497 e. The van der Waals surface area contributed by atoms with Crippen molar-refractivity contribution in [3.05, 3.63) is 66.2 Å². The fraction of sp³-hybridized carbons (Fsp3) is 0.280. The molecule has 0 aliphatic carbocycles. The van der Waals surface area contributed by atoms with Crippen molar-refractivity contribution < 1.29 is 14.3 Å². The van der Waals surface area contributed by atoms with Crippen molar-refractivity contribution in [3.63, 3.8) is 0 Å². The Bertz CT molecular complexity index is 1100. The van der Waals surface area contributed by atoms with E-state index < -0.39 is 0 Å². The molecule has 7 heteroatoms. The molecule has 0 bridgehead atoms. The van der Waals surface area contributed by atoms with Crippen LogP contribution < -0.4 is 15.0 Å². The van der Waals surface area contributed by atoms with Crippen LogP contribution >= 0.6 is 0 Å². The lowest BCUT2D eigenvalue weighted by molar-refractivity contribution is -0.120. The first-order valence-corrected chi connectivity index (χ1v) is 10.7. The van der Waals surface area contributed by atoms with E-state index >= 15 is 0 Å². The minimum Gasteiger partial charge on any atom is -0.497 e. The number of aromatic nitrogens is 2. The van der Waals surface area contributed by atoms with Gasteiger partial charge in [0.05, 0.1) is 18.7 Å². The molecule has 0 spiro atoms. The molecule has 2 aromatic carbocycles. The zero-order chi connectivity index (χ0) is 22.5. The molecule has 3 aromatic rings. The molecule has 32 heavy (non-hydrogen) atoms. The number of piperidine rings is 1. The Morgan fingerprint density at radius 1 is 1.06 bits per heavy atom. The van der Waals surface area contributed by atoms with Gasteiger partial charge in [-0.15, -0.1) is 10.2 Å². The van der Waals surface area contributed by atoms with E-state index in [0.717, 1.165) is 42.2 Å². The number of carbonyl (C=O) groups is 2. The van der Waals surface area contributed by atoms with Crippen molar-refractivity contribution in [1.29, 1.82) is 0 Å². The lowest BCUT2D eigenvalue weighted by atomic mass is 9.97. The molecule has 1 aromatic heterocycles. The Kier molecular flexibility index (Phi) is 6.44. The van der Waals surface area contributed by atoms with Gasteiger partial charge in [-0.3, -0.25) is 9.59 Å². The van der Waals surface area contributed by atoms with Gasteiger partial charge in [-0.05, 0) is 68.3 Å². The molecule has 1 N–H and O–H groups in total. The van der Waals surface area contributed by atoms with Crippen molar-refractivity contribution in [2.45, 2.75) is 19.8 Å². The van der Waals surface area contributed by atoms with Gasteiger partial charge in [0.1, 0.15) is 5.75 Å². The quantitative estimate of drug-likeness (QED) is 0.590. The van der Waals surface area contributed by atoms with Crippen molar-refractivity contribution >= 4 is 23.2 Å². The highest BCUT2D eigenvalue weighted by atomic mass is 16.5. The number of amides is 1. The smallest absolute Gasteiger partial charge is 0.229 e. The number of nitrogens with zero attached hydrogens (tertiary/aromatic N) is 3. The van der Waals surface area contributed by atoms with Gasteiger partial charge >= 0.3 is 0 Å². The molecular formula is C25H26N4O3. The molecule has 0 saturated carbocycles. The Morgan fingerprint density at radius 3 is 2.56 bits per heavy atom. The summed E-state index contributed by atoms with van der Waals surface area (Å²) in [7, 11) is 1.64. The van der Waals surface area contributed by atoms with Gasteiger partial charge in [0.2, 0.25) is 5.91 Å². The van der Waals surface area contributed by atoms with Crippen LogP contribution in [0.25, 0.3) is 11.3 Å². The Balaban J connectivity index is 1.41. The van der Waals surface area contributed by atoms with E-state index in [1.807, 2.05) is 36.4 Å². The molecule has 1 aliphatic heterocycles. The molecule has 2 heterocycles. The summed E-state index contributed by atoms with van der Waals surface area (Å²) in [4.78, 5) is 26.5. The van der Waals surface area contributed by atoms with Crippen LogP contribution in [0.1, 0.15) is 30.1 Å². The highest BCUT2D eigenvalue weighted by molar-refractivity contribution is 5.97. The number of benzene rings is 2. The van der Waals surface area contributed by atoms with E-state index in [4.69, 9.17) is 4.74 Å². The third kappa shape index (κ3) is 4.94. The van der Waals surface area contributed by atoms with E-state index in [0.29, 0.717) is 17.8 Å². The van der Waals surface area contributed by atoms with Crippen molar-refractivity contribution in [1.82, 2.24) is 10.2 Å². The molecule has 1 aliphatic rings. The Labute approximate surface area is 187 Å². The van der Waals surface area contributed by atoms with Gasteiger partial charge in [0, 0.05) is 29.9 Å². The molecule has 164 valence electrons. The van der Waals surface area contributed by atoms with E-state index in [9.17, 15) is 9.59 Å². The predicted molar refractivity (Wildman–Crippen MR) is 124 cm³/mol. The van der Waals surface area contributed by atoms with Crippen LogP contribution in [0.4, 0.5) is 11.5 Å². The molecule has 4 rings (SSSR count). The van der Waals surface area contributed by atoms with E-state index in [2.05, 4.69) is 20.4 Å². The van der Waals surface area contributed by atoms with Crippen LogP contribution in [0.5, 0.6) is 5.75 Å². The number of hydrogen-bond acceptors (Lipinski definition) is 6. The zero-order valence-corrected chi connectivity index (χ0v) is 18.2. The number of nitrogens with one attached hydrogen (secondary N) is 1. The zero-order valence-electron chi connectivity index (χ0n) is 18.2. The maximum Gasteiger partial charge on any atom is 0.229 e. The van der Waals surface area contributed by atoms with E-state index in [1.165, 1.54) is 6.92 Å². The monoisotopic (exact) mass is 430 g/mol. The number of rotatable bonds is 6. The Morgan fingerprint density at radius 2 is 1.88 bits per heavy atom. The average molecular weight is 431 g/mol. The second-order valence-electron chi connectivity index (χ2n) is 7.92. The summed E-state index contributed by atoms with van der Waals surface area (Å²) in [6.07, 6.45) is 1.71. The molecular weight excluding hydrogens is 404 g/mol. The van der Waals surface area contributed by atoms with Gasteiger partial charge in [-0.25, -0.2) is 0 Å². The van der Waals surface area contributed by atoms with Crippen molar-refractivity contribution in [2.75, 3.05) is 30.4 Å². The summed E-state index contributed by atoms with van der Waals surface area (Å²) >= 11 is 0. The number of ether oxygens (including phenoxy) is 1. The fourth-order valence-electron chi connectivity index (χ4n) is 3.87. The molecule has 1 amide bonds. The van der Waals surface area contributed by atoms with Crippen LogP contribution in [0.3, 0.4) is 0 Å². The second kappa shape index (κ2) is 9.60. The molecule has 1 fully saturated rings. The van der Waals surface area contributed by atoms with Crippen LogP contribution in [0.15, 0.2) is 60.7 Å². The molecule has 1 atom stereocenters. The number of anilines is 2. The SMILES string of the molecule is COc1ccc(-c2ccc(N3CCCC(C(=O)Nc4cccc(C(C)=O)c4)C3)nn2)cc1. The fourth-order valence-corrected chi connectivity index (χ4v) is 3.87. The molecule has 0 radical (unpaired) electrons. The third-order valence-electron chi connectivity index (χ3n) is 5.69. The number of carbonyl (C=O) groups excluding carboxylic acids is 2. The van der Waals surface area contributed by atoms with Crippen LogP contribution in [-0.4, -0.2) is 42.1 Å². The lowest BCUT2D eigenvalue weighted by Gasteiger charge is -2.32. The van der Waals surface area contributed by atoms with Crippen LogP contribution in [-0.2, 0) is 4.79 Å². The first kappa shape index (κ1) is 21.5. The summed E-state index contributed by atoms with van der Waals surface area (Å²) in [5, 5.41) is 11.7. The van der Waals surface area contributed by atoms with Crippen LogP contribution in [0, 0.1) is 5.92 Å². The number of ketones is 1. The van der Waals surface area contributed by atoms with E-state index in [-0.39, 0.29) is 17.6 Å². The van der Waals surface area contributed by atoms with Crippen LogP contribution in [0.2, 0.25) is 0 Å². The maximum atomic E-state index is 12.8.